The van der Waals surface area contributed by atoms with E-state index < -0.39 is 0 Å². The van der Waals surface area contributed by atoms with E-state index in [2.05, 4.69) is 65.5 Å². The van der Waals surface area contributed by atoms with Gasteiger partial charge in [0, 0.05) is 21.0 Å². The van der Waals surface area contributed by atoms with Crippen LogP contribution in [-0.2, 0) is 0 Å². The van der Waals surface area contributed by atoms with Crippen molar-refractivity contribution in [3.8, 4) is 21.8 Å². The van der Waals surface area contributed by atoms with Crippen molar-refractivity contribution in [2.24, 2.45) is 0 Å². The van der Waals surface area contributed by atoms with Gasteiger partial charge in [0.2, 0.25) is 0 Å². The van der Waals surface area contributed by atoms with Crippen molar-refractivity contribution in [1.29, 1.82) is 0 Å². The Bertz CT molecular complexity index is 744. The van der Waals surface area contributed by atoms with Crippen LogP contribution in [0, 0.1) is 13.8 Å². The van der Waals surface area contributed by atoms with Crippen molar-refractivity contribution in [2.75, 3.05) is 0 Å². The summed E-state index contributed by atoms with van der Waals surface area (Å²) in [5, 5.41) is 3.20. The Morgan fingerprint density at radius 1 is 1.00 bits per heavy atom. The van der Waals surface area contributed by atoms with E-state index in [0.29, 0.717) is 0 Å². The Morgan fingerprint density at radius 2 is 1.75 bits per heavy atom. The summed E-state index contributed by atoms with van der Waals surface area (Å²) in [6.45, 7) is 4.26. The number of rotatable bonds is 2. The van der Waals surface area contributed by atoms with Crippen LogP contribution in [0.2, 0.25) is 0 Å². The van der Waals surface area contributed by atoms with Crippen LogP contribution in [0.4, 0.5) is 0 Å². The zero-order chi connectivity index (χ0) is 14.1. The summed E-state index contributed by atoms with van der Waals surface area (Å²) in [6.07, 6.45) is 0. The summed E-state index contributed by atoms with van der Waals surface area (Å²) in [5.74, 6) is 0. The maximum atomic E-state index is 4.77. The molecule has 0 saturated heterocycles. The smallest absolute Gasteiger partial charge is 0.124 e. The van der Waals surface area contributed by atoms with E-state index >= 15 is 0 Å². The molecule has 2 aromatic carbocycles. The van der Waals surface area contributed by atoms with E-state index in [1.807, 2.05) is 12.1 Å². The Balaban J connectivity index is 1.99. The molecule has 0 amide bonds. The molecule has 0 spiro atoms. The maximum absolute atomic E-state index is 4.77. The van der Waals surface area contributed by atoms with Gasteiger partial charge < -0.3 is 0 Å². The number of thiazole rings is 1. The minimum atomic E-state index is 1.06. The van der Waals surface area contributed by atoms with Crippen molar-refractivity contribution in [3.63, 3.8) is 0 Å². The van der Waals surface area contributed by atoms with Crippen LogP contribution in [0.5, 0.6) is 0 Å². The molecular formula is C17H14BrNS. The topological polar surface area (TPSA) is 12.9 Å². The van der Waals surface area contributed by atoms with Gasteiger partial charge in [0.1, 0.15) is 5.01 Å². The molecule has 3 rings (SSSR count). The second-order valence-corrected chi connectivity index (χ2v) is 6.64. The fraction of sp³-hybridized carbons (Fsp3) is 0.118. The van der Waals surface area contributed by atoms with Gasteiger partial charge in [-0.15, -0.1) is 11.3 Å². The number of hydrogen-bond acceptors (Lipinski definition) is 2. The molecular weight excluding hydrogens is 330 g/mol. The fourth-order valence-corrected chi connectivity index (χ4v) is 3.31. The van der Waals surface area contributed by atoms with Crippen LogP contribution in [0.3, 0.4) is 0 Å². The first-order valence-electron chi connectivity index (χ1n) is 6.42. The Kier molecular flexibility index (Phi) is 3.72. The Labute approximate surface area is 131 Å². The molecule has 0 radical (unpaired) electrons. The van der Waals surface area contributed by atoms with Crippen molar-refractivity contribution >= 4 is 27.3 Å². The minimum Gasteiger partial charge on any atom is -0.236 e. The van der Waals surface area contributed by atoms with Crippen molar-refractivity contribution < 1.29 is 0 Å². The van der Waals surface area contributed by atoms with Crippen molar-refractivity contribution in [2.45, 2.75) is 13.8 Å². The standard InChI is InChI=1S/C17H14BrNS/c1-11-3-8-15(12(2)9-11)16-10-20-17(19-16)13-4-6-14(18)7-5-13/h3-10H,1-2H3. The van der Waals surface area contributed by atoms with E-state index in [0.717, 1.165) is 20.7 Å². The van der Waals surface area contributed by atoms with Crippen LogP contribution in [0.15, 0.2) is 52.3 Å². The Morgan fingerprint density at radius 3 is 2.45 bits per heavy atom. The monoisotopic (exact) mass is 343 g/mol. The van der Waals surface area contributed by atoms with E-state index in [-0.39, 0.29) is 0 Å². The van der Waals surface area contributed by atoms with Gasteiger partial charge in [-0.2, -0.15) is 0 Å². The van der Waals surface area contributed by atoms with Gasteiger partial charge in [0.05, 0.1) is 5.69 Å². The molecule has 0 aliphatic rings. The number of hydrogen-bond donors (Lipinski definition) is 0. The highest BCUT2D eigenvalue weighted by atomic mass is 79.9. The molecule has 100 valence electrons. The number of aryl methyl sites for hydroxylation is 2. The zero-order valence-electron chi connectivity index (χ0n) is 11.4. The molecule has 20 heavy (non-hydrogen) atoms. The Hall–Kier alpha value is -1.45. The SMILES string of the molecule is Cc1ccc(-c2csc(-c3ccc(Br)cc3)n2)c(C)c1. The van der Waals surface area contributed by atoms with Gasteiger partial charge in [-0.25, -0.2) is 4.98 Å². The van der Waals surface area contributed by atoms with Crippen LogP contribution < -0.4 is 0 Å². The summed E-state index contributed by atoms with van der Waals surface area (Å²) >= 11 is 5.15. The number of benzene rings is 2. The van der Waals surface area contributed by atoms with E-state index in [1.54, 1.807) is 11.3 Å². The second kappa shape index (κ2) is 5.51. The number of halogens is 1. The van der Waals surface area contributed by atoms with Gasteiger partial charge in [-0.1, -0.05) is 51.8 Å². The first-order chi connectivity index (χ1) is 9.63. The molecule has 0 aliphatic carbocycles. The molecule has 0 bridgehead atoms. The second-order valence-electron chi connectivity index (χ2n) is 4.86. The summed E-state index contributed by atoms with van der Waals surface area (Å²) in [4.78, 5) is 4.77. The molecule has 0 unspecified atom stereocenters. The summed E-state index contributed by atoms with van der Waals surface area (Å²) < 4.78 is 1.09. The first kappa shape index (κ1) is 13.5. The van der Waals surface area contributed by atoms with Gasteiger partial charge in [0.15, 0.2) is 0 Å². The lowest BCUT2D eigenvalue weighted by molar-refractivity contribution is 1.34. The molecule has 1 nitrogen and oxygen atoms in total. The van der Waals surface area contributed by atoms with E-state index in [4.69, 9.17) is 4.98 Å². The maximum Gasteiger partial charge on any atom is 0.124 e. The first-order valence-corrected chi connectivity index (χ1v) is 8.10. The summed E-state index contributed by atoms with van der Waals surface area (Å²) in [5.41, 5.74) is 6.00. The molecule has 3 heteroatoms. The third kappa shape index (κ3) is 2.69. The van der Waals surface area contributed by atoms with Crippen LogP contribution in [0.25, 0.3) is 21.8 Å². The van der Waals surface area contributed by atoms with Crippen LogP contribution in [-0.4, -0.2) is 4.98 Å². The average Bonchev–Trinajstić information content (AvgIpc) is 2.89. The van der Waals surface area contributed by atoms with Crippen LogP contribution >= 0.6 is 27.3 Å². The summed E-state index contributed by atoms with van der Waals surface area (Å²) in [6, 6.07) is 14.8. The third-order valence-electron chi connectivity index (χ3n) is 3.25. The van der Waals surface area contributed by atoms with Gasteiger partial charge in [-0.05, 0) is 31.5 Å². The van der Waals surface area contributed by atoms with Crippen molar-refractivity contribution in [1.82, 2.24) is 4.98 Å². The highest BCUT2D eigenvalue weighted by molar-refractivity contribution is 9.10. The number of aromatic nitrogens is 1. The molecule has 1 heterocycles. The normalized spacial score (nSPS) is 10.8. The zero-order valence-corrected chi connectivity index (χ0v) is 13.8. The molecule has 0 aliphatic heterocycles. The summed E-state index contributed by atoms with van der Waals surface area (Å²) in [7, 11) is 0. The predicted octanol–water partition coefficient (Wildman–Crippen LogP) is 5.86. The molecule has 0 saturated carbocycles. The van der Waals surface area contributed by atoms with Gasteiger partial charge in [0.25, 0.3) is 0 Å². The quantitative estimate of drug-likeness (QED) is 0.568. The average molecular weight is 344 g/mol. The molecule has 0 atom stereocenters. The predicted molar refractivity (Wildman–Crippen MR) is 90.2 cm³/mol. The number of nitrogens with zero attached hydrogens (tertiary/aromatic N) is 1. The third-order valence-corrected chi connectivity index (χ3v) is 4.67. The molecule has 0 fully saturated rings. The largest absolute Gasteiger partial charge is 0.236 e. The van der Waals surface area contributed by atoms with Gasteiger partial charge >= 0.3 is 0 Å². The fourth-order valence-electron chi connectivity index (χ4n) is 2.22. The highest BCUT2D eigenvalue weighted by Crippen LogP contribution is 2.31. The minimum absolute atomic E-state index is 1.06. The van der Waals surface area contributed by atoms with Gasteiger partial charge in [-0.3, -0.25) is 0 Å². The highest BCUT2D eigenvalue weighted by Gasteiger charge is 2.08. The van der Waals surface area contributed by atoms with Crippen LogP contribution in [0.1, 0.15) is 11.1 Å². The molecule has 1 aromatic heterocycles. The van der Waals surface area contributed by atoms with E-state index in [1.165, 1.54) is 16.7 Å². The lowest BCUT2D eigenvalue weighted by Crippen LogP contribution is -1.85. The molecule has 0 N–H and O–H groups in total. The lowest BCUT2D eigenvalue weighted by atomic mass is 10.0. The lowest BCUT2D eigenvalue weighted by Gasteiger charge is -2.03. The molecule has 3 aromatic rings. The van der Waals surface area contributed by atoms with Crippen molar-refractivity contribution in [3.05, 3.63) is 63.4 Å². The van der Waals surface area contributed by atoms with E-state index in [9.17, 15) is 0 Å².